The van der Waals surface area contributed by atoms with Gasteiger partial charge in [0.1, 0.15) is 11.2 Å². The van der Waals surface area contributed by atoms with Gasteiger partial charge >= 0.3 is 0 Å². The van der Waals surface area contributed by atoms with Crippen LogP contribution in [0, 0.1) is 0 Å². The van der Waals surface area contributed by atoms with Crippen molar-refractivity contribution in [3.05, 3.63) is 211 Å². The second kappa shape index (κ2) is 13.4. The molecule has 0 unspecified atom stereocenters. The van der Waals surface area contributed by atoms with Gasteiger partial charge in [0.15, 0.2) is 0 Å². The van der Waals surface area contributed by atoms with Gasteiger partial charge in [-0.3, -0.25) is 0 Å². The molecule has 0 aliphatic heterocycles. The summed E-state index contributed by atoms with van der Waals surface area (Å²) in [5.74, 6) is 0. The van der Waals surface area contributed by atoms with Crippen LogP contribution in [0.25, 0.3) is 86.6 Å². The lowest BCUT2D eigenvalue weighted by atomic mass is 9.82. The van der Waals surface area contributed by atoms with Crippen molar-refractivity contribution in [3.8, 4) is 44.5 Å². The molecule has 2 aromatic heterocycles. The van der Waals surface area contributed by atoms with E-state index in [1.54, 1.807) is 0 Å². The van der Waals surface area contributed by atoms with E-state index in [9.17, 15) is 0 Å². The van der Waals surface area contributed by atoms with Crippen LogP contribution in [0.15, 0.2) is 205 Å². The highest BCUT2D eigenvalue weighted by molar-refractivity contribution is 7.26. The summed E-state index contributed by atoms with van der Waals surface area (Å²) in [4.78, 5) is 2.40. The molecule has 0 atom stereocenters. The average molecular weight is 786 g/mol. The van der Waals surface area contributed by atoms with E-state index in [4.69, 9.17) is 4.42 Å². The Morgan fingerprint density at radius 2 is 0.950 bits per heavy atom. The molecule has 0 bridgehead atoms. The SMILES string of the molecule is CC1(C)c2ccccc2-c2ccc(N(c3ccc(-c4ccccc4-c4cccc5c4sc4ccccc45)cc3)c3ccc(-c4cccc5c4oc4ccccc45)cc3)cc21. The monoisotopic (exact) mass is 785 g/mol. The van der Waals surface area contributed by atoms with Gasteiger partial charge in [0.25, 0.3) is 0 Å². The van der Waals surface area contributed by atoms with Gasteiger partial charge in [-0.25, -0.2) is 0 Å². The fourth-order valence-corrected chi connectivity index (χ4v) is 11.0. The minimum absolute atomic E-state index is 0.117. The lowest BCUT2D eigenvalue weighted by Gasteiger charge is -2.28. The number of para-hydroxylation sites is 2. The number of rotatable bonds is 6. The normalized spacial score (nSPS) is 13.0. The number of benzene rings is 9. The summed E-state index contributed by atoms with van der Waals surface area (Å²) in [5.41, 5.74) is 17.5. The Morgan fingerprint density at radius 3 is 1.73 bits per heavy atom. The molecule has 1 aliphatic rings. The fourth-order valence-electron chi connectivity index (χ4n) is 9.76. The molecule has 0 radical (unpaired) electrons. The Bertz CT molecular complexity index is 3460. The molecule has 0 amide bonds. The quantitative estimate of drug-likeness (QED) is 0.167. The minimum Gasteiger partial charge on any atom is -0.455 e. The average Bonchev–Trinajstić information content (AvgIpc) is 3.95. The second-order valence-corrected chi connectivity index (χ2v) is 17.5. The van der Waals surface area contributed by atoms with Crippen LogP contribution in [0.1, 0.15) is 25.0 Å². The standard InChI is InChI=1S/C57H39NOS/c1-57(2)51-22-8-5-15-44(51)45-34-33-40(35-52(45)57)58(39-31-27-37(28-32-39)42-18-11-19-48-46-16-6-9-23-53(46)59-55(42)48)38-29-25-36(26-30-38)41-13-3-4-14-43(41)49-20-12-21-50-47-17-7-10-24-54(47)60-56(49)50/h3-35H,1-2H3. The maximum absolute atomic E-state index is 6.45. The van der Waals surface area contributed by atoms with Crippen LogP contribution in [0.5, 0.6) is 0 Å². The van der Waals surface area contributed by atoms with Crippen molar-refractivity contribution in [2.24, 2.45) is 0 Å². The second-order valence-electron chi connectivity index (χ2n) is 16.4. The molecule has 0 N–H and O–H groups in total. The van der Waals surface area contributed by atoms with Crippen molar-refractivity contribution < 1.29 is 4.42 Å². The zero-order valence-corrected chi connectivity index (χ0v) is 34.1. The van der Waals surface area contributed by atoms with Crippen molar-refractivity contribution in [2.75, 3.05) is 4.90 Å². The Morgan fingerprint density at radius 1 is 0.400 bits per heavy atom. The number of nitrogens with zero attached hydrogens (tertiary/aromatic N) is 1. The van der Waals surface area contributed by atoms with Crippen LogP contribution in [0.2, 0.25) is 0 Å². The third-order valence-electron chi connectivity index (χ3n) is 12.7. The maximum atomic E-state index is 6.45. The van der Waals surface area contributed by atoms with Crippen molar-refractivity contribution in [3.63, 3.8) is 0 Å². The zero-order chi connectivity index (χ0) is 40.0. The molecule has 1 aliphatic carbocycles. The number of hydrogen-bond acceptors (Lipinski definition) is 3. The summed E-state index contributed by atoms with van der Waals surface area (Å²) in [7, 11) is 0. The molecule has 11 aromatic rings. The lowest BCUT2D eigenvalue weighted by molar-refractivity contribution is 0.660. The molecular formula is C57H39NOS. The van der Waals surface area contributed by atoms with Crippen LogP contribution < -0.4 is 4.90 Å². The van der Waals surface area contributed by atoms with E-state index in [0.29, 0.717) is 0 Å². The fraction of sp³-hybridized carbons (Fsp3) is 0.0526. The first-order chi connectivity index (χ1) is 29.5. The number of furan rings is 1. The van der Waals surface area contributed by atoms with Gasteiger partial charge < -0.3 is 9.32 Å². The molecule has 2 heterocycles. The van der Waals surface area contributed by atoms with Crippen LogP contribution in [0.3, 0.4) is 0 Å². The first-order valence-corrected chi connectivity index (χ1v) is 21.5. The van der Waals surface area contributed by atoms with E-state index in [-0.39, 0.29) is 5.41 Å². The Kier molecular flexibility index (Phi) is 7.79. The molecular weight excluding hydrogens is 747 g/mol. The third kappa shape index (κ3) is 5.33. The highest BCUT2D eigenvalue weighted by Gasteiger charge is 2.35. The highest BCUT2D eigenvalue weighted by atomic mass is 32.1. The molecule has 3 heteroatoms. The predicted molar refractivity (Wildman–Crippen MR) is 255 cm³/mol. The summed E-state index contributed by atoms with van der Waals surface area (Å²) in [6.07, 6.45) is 0. The van der Waals surface area contributed by atoms with Crippen LogP contribution >= 0.6 is 11.3 Å². The van der Waals surface area contributed by atoms with Crippen LogP contribution in [-0.2, 0) is 5.41 Å². The van der Waals surface area contributed by atoms with Crippen molar-refractivity contribution in [2.45, 2.75) is 19.3 Å². The summed E-state index contributed by atoms with van der Waals surface area (Å²) >= 11 is 1.88. The van der Waals surface area contributed by atoms with Crippen LogP contribution in [-0.4, -0.2) is 0 Å². The molecule has 284 valence electrons. The number of hydrogen-bond donors (Lipinski definition) is 0. The minimum atomic E-state index is -0.117. The summed E-state index contributed by atoms with van der Waals surface area (Å²) < 4.78 is 9.10. The first-order valence-electron chi connectivity index (χ1n) is 20.7. The molecule has 0 fully saturated rings. The number of anilines is 3. The molecule has 0 saturated carbocycles. The van der Waals surface area contributed by atoms with Crippen LogP contribution in [0.4, 0.5) is 17.1 Å². The zero-order valence-electron chi connectivity index (χ0n) is 33.3. The first kappa shape index (κ1) is 34.8. The van der Waals surface area contributed by atoms with Crippen molar-refractivity contribution >= 4 is 70.5 Å². The van der Waals surface area contributed by atoms with E-state index in [2.05, 4.69) is 207 Å². The number of fused-ring (bicyclic) bond motifs is 9. The molecule has 0 saturated heterocycles. The van der Waals surface area contributed by atoms with E-state index in [1.165, 1.54) is 64.7 Å². The van der Waals surface area contributed by atoms with Gasteiger partial charge in [0.2, 0.25) is 0 Å². The molecule has 2 nitrogen and oxygen atoms in total. The summed E-state index contributed by atoms with van der Waals surface area (Å²) in [5, 5.41) is 4.91. The van der Waals surface area contributed by atoms with E-state index >= 15 is 0 Å². The smallest absolute Gasteiger partial charge is 0.143 e. The third-order valence-corrected chi connectivity index (χ3v) is 13.9. The Hall–Kier alpha value is -7.20. The van der Waals surface area contributed by atoms with Gasteiger partial charge in [-0.05, 0) is 93.0 Å². The molecule has 12 rings (SSSR count). The van der Waals surface area contributed by atoms with Gasteiger partial charge in [0, 0.05) is 64.5 Å². The van der Waals surface area contributed by atoms with Gasteiger partial charge in [-0.2, -0.15) is 0 Å². The van der Waals surface area contributed by atoms with Gasteiger partial charge in [-0.1, -0.05) is 166 Å². The summed E-state index contributed by atoms with van der Waals surface area (Å²) in [6, 6.07) is 73.0. The highest BCUT2D eigenvalue weighted by Crippen LogP contribution is 2.51. The van der Waals surface area contributed by atoms with Gasteiger partial charge in [0.05, 0.1) is 0 Å². The molecule has 9 aromatic carbocycles. The van der Waals surface area contributed by atoms with E-state index in [0.717, 1.165) is 50.1 Å². The summed E-state index contributed by atoms with van der Waals surface area (Å²) in [6.45, 7) is 4.70. The molecule has 0 spiro atoms. The van der Waals surface area contributed by atoms with E-state index in [1.807, 2.05) is 23.5 Å². The lowest BCUT2D eigenvalue weighted by Crippen LogP contribution is -2.16. The molecule has 60 heavy (non-hydrogen) atoms. The predicted octanol–water partition coefficient (Wildman–Crippen LogP) is 16.7. The topological polar surface area (TPSA) is 16.4 Å². The number of thiophene rings is 1. The van der Waals surface area contributed by atoms with Gasteiger partial charge in [-0.15, -0.1) is 11.3 Å². The van der Waals surface area contributed by atoms with Crippen molar-refractivity contribution in [1.29, 1.82) is 0 Å². The largest absolute Gasteiger partial charge is 0.455 e. The maximum Gasteiger partial charge on any atom is 0.143 e. The van der Waals surface area contributed by atoms with E-state index < -0.39 is 0 Å². The Balaban J connectivity index is 0.972. The van der Waals surface area contributed by atoms with Crippen molar-refractivity contribution in [1.82, 2.24) is 0 Å². The Labute approximate surface area is 353 Å².